The SMILES string of the molecule is Cc1cc(C(=O)NC(c2ccc(F)cc2)c2cccs2)c(C)n1-c1cccnc1. The Hall–Kier alpha value is -3.25. The number of amides is 1. The molecule has 146 valence electrons. The number of halogens is 1. The van der Waals surface area contributed by atoms with Gasteiger partial charge in [-0.2, -0.15) is 0 Å². The number of nitrogens with one attached hydrogen (secondary N) is 1. The van der Waals surface area contributed by atoms with Gasteiger partial charge in [-0.15, -0.1) is 11.3 Å². The van der Waals surface area contributed by atoms with Gasteiger partial charge >= 0.3 is 0 Å². The Labute approximate surface area is 172 Å². The molecule has 0 bridgehead atoms. The van der Waals surface area contributed by atoms with Crippen LogP contribution < -0.4 is 5.32 Å². The Balaban J connectivity index is 1.68. The van der Waals surface area contributed by atoms with Crippen LogP contribution in [0.25, 0.3) is 5.69 Å². The molecule has 0 saturated carbocycles. The van der Waals surface area contributed by atoms with E-state index >= 15 is 0 Å². The number of hydrogen-bond donors (Lipinski definition) is 1. The minimum Gasteiger partial charge on any atom is -0.340 e. The number of carbonyl (C=O) groups excluding carboxylic acids is 1. The van der Waals surface area contributed by atoms with Crippen molar-refractivity contribution in [2.45, 2.75) is 19.9 Å². The highest BCUT2D eigenvalue weighted by Gasteiger charge is 2.22. The molecule has 0 spiro atoms. The molecule has 0 aliphatic carbocycles. The quantitative estimate of drug-likeness (QED) is 0.495. The van der Waals surface area contributed by atoms with Crippen LogP contribution in [-0.4, -0.2) is 15.5 Å². The second-order valence-electron chi connectivity index (χ2n) is 6.80. The summed E-state index contributed by atoms with van der Waals surface area (Å²) in [4.78, 5) is 18.4. The molecule has 1 N–H and O–H groups in total. The molecule has 3 heterocycles. The number of benzene rings is 1. The lowest BCUT2D eigenvalue weighted by Crippen LogP contribution is -2.29. The average Bonchev–Trinajstić information content (AvgIpc) is 3.35. The van der Waals surface area contributed by atoms with Crippen molar-refractivity contribution in [1.82, 2.24) is 14.9 Å². The third-order valence-electron chi connectivity index (χ3n) is 4.89. The molecule has 29 heavy (non-hydrogen) atoms. The van der Waals surface area contributed by atoms with E-state index in [1.807, 2.05) is 54.1 Å². The van der Waals surface area contributed by atoms with Crippen LogP contribution in [-0.2, 0) is 0 Å². The Morgan fingerprint density at radius 2 is 1.93 bits per heavy atom. The summed E-state index contributed by atoms with van der Waals surface area (Å²) in [7, 11) is 0. The lowest BCUT2D eigenvalue weighted by atomic mass is 10.0. The summed E-state index contributed by atoms with van der Waals surface area (Å²) < 4.78 is 15.4. The normalized spacial score (nSPS) is 12.0. The van der Waals surface area contributed by atoms with Gasteiger partial charge in [0.1, 0.15) is 5.82 Å². The predicted molar refractivity (Wildman–Crippen MR) is 113 cm³/mol. The maximum Gasteiger partial charge on any atom is 0.253 e. The third kappa shape index (κ3) is 3.84. The molecular formula is C23H20FN3OS. The summed E-state index contributed by atoms with van der Waals surface area (Å²) in [5.74, 6) is -0.471. The summed E-state index contributed by atoms with van der Waals surface area (Å²) in [5, 5.41) is 5.09. The Bertz CT molecular complexity index is 1120. The van der Waals surface area contributed by atoms with Crippen molar-refractivity contribution in [3.8, 4) is 5.69 Å². The van der Waals surface area contributed by atoms with Crippen LogP contribution in [0, 0.1) is 19.7 Å². The average molecular weight is 405 g/mol. The lowest BCUT2D eigenvalue weighted by molar-refractivity contribution is 0.0943. The number of aromatic nitrogens is 2. The molecule has 0 saturated heterocycles. The first-order valence-corrected chi connectivity index (χ1v) is 10.1. The number of thiophene rings is 1. The van der Waals surface area contributed by atoms with Crippen molar-refractivity contribution in [3.63, 3.8) is 0 Å². The lowest BCUT2D eigenvalue weighted by Gasteiger charge is -2.18. The third-order valence-corrected chi connectivity index (χ3v) is 5.82. The van der Waals surface area contributed by atoms with Crippen LogP contribution >= 0.6 is 11.3 Å². The summed E-state index contributed by atoms with van der Waals surface area (Å²) in [6, 6.07) is 15.5. The monoisotopic (exact) mass is 405 g/mol. The number of carbonyl (C=O) groups is 1. The van der Waals surface area contributed by atoms with Gasteiger partial charge in [-0.05, 0) is 61.2 Å². The maximum absolute atomic E-state index is 13.4. The molecule has 4 aromatic rings. The Kier molecular flexibility index (Phi) is 5.27. The fourth-order valence-corrected chi connectivity index (χ4v) is 4.32. The second-order valence-corrected chi connectivity index (χ2v) is 7.78. The molecule has 0 aliphatic rings. The highest BCUT2D eigenvalue weighted by Crippen LogP contribution is 2.28. The number of aryl methyl sites for hydroxylation is 1. The first-order valence-electron chi connectivity index (χ1n) is 9.23. The van der Waals surface area contributed by atoms with Crippen molar-refractivity contribution in [3.05, 3.63) is 106 Å². The van der Waals surface area contributed by atoms with Gasteiger partial charge in [0.25, 0.3) is 5.91 Å². The molecule has 1 amide bonds. The highest BCUT2D eigenvalue weighted by molar-refractivity contribution is 7.10. The molecule has 1 unspecified atom stereocenters. The van der Waals surface area contributed by atoms with Gasteiger partial charge in [0.2, 0.25) is 0 Å². The second kappa shape index (κ2) is 8.01. The van der Waals surface area contributed by atoms with Gasteiger partial charge in [0, 0.05) is 22.5 Å². The van der Waals surface area contributed by atoms with E-state index in [0.29, 0.717) is 5.56 Å². The van der Waals surface area contributed by atoms with Crippen molar-refractivity contribution in [1.29, 1.82) is 0 Å². The van der Waals surface area contributed by atoms with Crippen molar-refractivity contribution in [2.75, 3.05) is 0 Å². The van der Waals surface area contributed by atoms with E-state index in [-0.39, 0.29) is 17.8 Å². The first-order chi connectivity index (χ1) is 14.0. The van der Waals surface area contributed by atoms with Gasteiger partial charge < -0.3 is 9.88 Å². The smallest absolute Gasteiger partial charge is 0.253 e. The highest BCUT2D eigenvalue weighted by atomic mass is 32.1. The summed E-state index contributed by atoms with van der Waals surface area (Å²) in [6.45, 7) is 3.89. The molecule has 0 fully saturated rings. The molecular weight excluding hydrogens is 385 g/mol. The molecule has 4 nitrogen and oxygen atoms in total. The van der Waals surface area contributed by atoms with Crippen molar-refractivity contribution < 1.29 is 9.18 Å². The van der Waals surface area contributed by atoms with E-state index in [4.69, 9.17) is 0 Å². The van der Waals surface area contributed by atoms with Crippen LogP contribution in [0.3, 0.4) is 0 Å². The molecule has 1 aromatic carbocycles. The zero-order chi connectivity index (χ0) is 20.4. The Morgan fingerprint density at radius 1 is 1.14 bits per heavy atom. The van der Waals surface area contributed by atoms with Crippen LogP contribution in [0.2, 0.25) is 0 Å². The molecule has 0 radical (unpaired) electrons. The molecule has 3 aromatic heterocycles. The predicted octanol–water partition coefficient (Wildman–Crippen LogP) is 5.21. The van der Waals surface area contributed by atoms with E-state index in [2.05, 4.69) is 10.3 Å². The minimum atomic E-state index is -0.343. The van der Waals surface area contributed by atoms with E-state index in [1.54, 1.807) is 35.9 Å². The summed E-state index contributed by atoms with van der Waals surface area (Å²) in [6.07, 6.45) is 3.49. The Morgan fingerprint density at radius 3 is 2.59 bits per heavy atom. The van der Waals surface area contributed by atoms with E-state index < -0.39 is 0 Å². The fraction of sp³-hybridized carbons (Fsp3) is 0.130. The zero-order valence-corrected chi connectivity index (χ0v) is 16.9. The molecule has 0 aliphatic heterocycles. The van der Waals surface area contributed by atoms with Crippen LogP contribution in [0.4, 0.5) is 4.39 Å². The fourth-order valence-electron chi connectivity index (χ4n) is 3.51. The van der Waals surface area contributed by atoms with E-state index in [9.17, 15) is 9.18 Å². The molecule has 4 rings (SSSR count). The molecule has 6 heteroatoms. The number of hydrogen-bond acceptors (Lipinski definition) is 3. The van der Waals surface area contributed by atoms with Crippen molar-refractivity contribution in [2.24, 2.45) is 0 Å². The first kappa shape index (κ1) is 19.1. The van der Waals surface area contributed by atoms with Gasteiger partial charge in [-0.25, -0.2) is 4.39 Å². The summed E-state index contributed by atoms with van der Waals surface area (Å²) in [5.41, 5.74) is 4.15. The standard InChI is InChI=1S/C23H20FN3OS/c1-15-13-20(16(2)27(15)19-5-3-11-25-14-19)23(28)26-22(21-6-4-12-29-21)17-7-9-18(24)10-8-17/h3-14,22H,1-2H3,(H,26,28). The van der Waals surface area contributed by atoms with Crippen molar-refractivity contribution >= 4 is 17.2 Å². The van der Waals surface area contributed by atoms with Gasteiger partial charge in [0.05, 0.1) is 23.5 Å². The van der Waals surface area contributed by atoms with Gasteiger partial charge in [0.15, 0.2) is 0 Å². The zero-order valence-electron chi connectivity index (χ0n) is 16.1. The maximum atomic E-state index is 13.4. The van der Waals surface area contributed by atoms with E-state index in [0.717, 1.165) is 27.5 Å². The topological polar surface area (TPSA) is 46.9 Å². The minimum absolute atomic E-state index is 0.170. The largest absolute Gasteiger partial charge is 0.340 e. The van der Waals surface area contributed by atoms with E-state index in [1.165, 1.54) is 12.1 Å². The number of pyridine rings is 1. The van der Waals surface area contributed by atoms with Crippen LogP contribution in [0.1, 0.15) is 38.2 Å². The molecule has 1 atom stereocenters. The summed E-state index contributed by atoms with van der Waals surface area (Å²) >= 11 is 1.55. The van der Waals surface area contributed by atoms with Crippen LogP contribution in [0.15, 0.2) is 72.4 Å². The van der Waals surface area contributed by atoms with Gasteiger partial charge in [-0.3, -0.25) is 9.78 Å². The van der Waals surface area contributed by atoms with Crippen LogP contribution in [0.5, 0.6) is 0 Å². The number of nitrogens with zero attached hydrogens (tertiary/aromatic N) is 2. The number of rotatable bonds is 5. The van der Waals surface area contributed by atoms with Gasteiger partial charge in [-0.1, -0.05) is 18.2 Å².